The van der Waals surface area contributed by atoms with Gasteiger partial charge in [-0.2, -0.15) is 0 Å². The Balaban J connectivity index is 2.10. The Bertz CT molecular complexity index is 754. The summed E-state index contributed by atoms with van der Waals surface area (Å²) in [7, 11) is 0. The van der Waals surface area contributed by atoms with Crippen molar-refractivity contribution in [2.75, 3.05) is 0 Å². The molecule has 0 unspecified atom stereocenters. The fourth-order valence-corrected chi connectivity index (χ4v) is 4.64. The predicted molar refractivity (Wildman–Crippen MR) is 91.0 cm³/mol. The third-order valence-corrected chi connectivity index (χ3v) is 5.48. The summed E-state index contributed by atoms with van der Waals surface area (Å²) < 4.78 is 2.13. The molecular weight excluding hydrogens is 310 g/mol. The number of thiophene rings is 1. The van der Waals surface area contributed by atoms with Crippen LogP contribution in [0.25, 0.3) is 5.00 Å². The summed E-state index contributed by atoms with van der Waals surface area (Å²) in [6, 6.07) is 4.12. The number of aromatic nitrogens is 1. The first-order chi connectivity index (χ1) is 11.0. The quantitative estimate of drug-likeness (QED) is 0.831. The van der Waals surface area contributed by atoms with Gasteiger partial charge in [-0.05, 0) is 57.2 Å². The number of nitrogens with one attached hydrogen (secondary N) is 2. The van der Waals surface area contributed by atoms with Crippen LogP contribution >= 0.6 is 11.3 Å². The second kappa shape index (κ2) is 6.20. The highest BCUT2D eigenvalue weighted by atomic mass is 32.1. The molecule has 0 spiro atoms. The van der Waals surface area contributed by atoms with Gasteiger partial charge in [-0.25, -0.2) is 0 Å². The predicted octanol–water partition coefficient (Wildman–Crippen LogP) is 2.82. The van der Waals surface area contributed by atoms with Gasteiger partial charge in [0.15, 0.2) is 0 Å². The van der Waals surface area contributed by atoms with Crippen LogP contribution in [0.15, 0.2) is 12.1 Å². The lowest BCUT2D eigenvalue weighted by atomic mass is 9.95. The number of amides is 2. The van der Waals surface area contributed by atoms with Gasteiger partial charge in [0.05, 0.1) is 5.56 Å². The van der Waals surface area contributed by atoms with E-state index in [1.165, 1.54) is 18.2 Å². The van der Waals surface area contributed by atoms with Gasteiger partial charge in [-0.3, -0.25) is 20.4 Å². The summed E-state index contributed by atoms with van der Waals surface area (Å²) >= 11 is 1.70. The van der Waals surface area contributed by atoms with Gasteiger partial charge >= 0.3 is 0 Å². The van der Waals surface area contributed by atoms with Crippen molar-refractivity contribution in [1.82, 2.24) is 15.4 Å². The molecule has 0 bridgehead atoms. The molecule has 122 valence electrons. The summed E-state index contributed by atoms with van der Waals surface area (Å²) in [5, 5.41) is 0.958. The van der Waals surface area contributed by atoms with Gasteiger partial charge in [-0.15, -0.1) is 11.3 Å². The molecule has 1 aliphatic rings. The minimum Gasteiger partial charge on any atom is -0.309 e. The van der Waals surface area contributed by atoms with E-state index in [4.69, 9.17) is 0 Å². The number of carbonyl (C=O) groups excluding carboxylic acids is 2. The van der Waals surface area contributed by atoms with Crippen LogP contribution < -0.4 is 10.9 Å². The largest absolute Gasteiger partial charge is 0.309 e. The van der Waals surface area contributed by atoms with Crippen molar-refractivity contribution >= 4 is 23.2 Å². The normalized spacial score (nSPS) is 13.5. The van der Waals surface area contributed by atoms with E-state index in [-0.39, 0.29) is 11.8 Å². The van der Waals surface area contributed by atoms with Gasteiger partial charge < -0.3 is 4.57 Å². The first kappa shape index (κ1) is 15.8. The van der Waals surface area contributed by atoms with E-state index < -0.39 is 0 Å². The second-order valence-electron chi connectivity index (χ2n) is 5.98. The molecule has 0 saturated carbocycles. The van der Waals surface area contributed by atoms with Gasteiger partial charge in [0.2, 0.25) is 5.91 Å². The molecule has 1 aliphatic carbocycles. The van der Waals surface area contributed by atoms with Gasteiger partial charge in [0.25, 0.3) is 5.91 Å². The van der Waals surface area contributed by atoms with Crippen molar-refractivity contribution in [1.29, 1.82) is 0 Å². The molecule has 0 saturated heterocycles. The number of hydrogen-bond donors (Lipinski definition) is 2. The average Bonchev–Trinajstić information content (AvgIpc) is 3.04. The van der Waals surface area contributed by atoms with Crippen molar-refractivity contribution < 1.29 is 9.59 Å². The van der Waals surface area contributed by atoms with Crippen LogP contribution in [0, 0.1) is 13.8 Å². The summed E-state index contributed by atoms with van der Waals surface area (Å²) in [4.78, 5) is 25.1. The molecule has 2 amide bonds. The van der Waals surface area contributed by atoms with Crippen molar-refractivity contribution in [2.24, 2.45) is 0 Å². The van der Waals surface area contributed by atoms with Crippen molar-refractivity contribution in [3.8, 4) is 5.00 Å². The molecular formula is C17H21N3O2S. The Labute approximate surface area is 139 Å². The first-order valence-electron chi connectivity index (χ1n) is 7.86. The highest BCUT2D eigenvalue weighted by Crippen LogP contribution is 2.38. The van der Waals surface area contributed by atoms with Crippen LogP contribution in [0.3, 0.4) is 0 Å². The fourth-order valence-electron chi connectivity index (χ4n) is 3.14. The summed E-state index contributed by atoms with van der Waals surface area (Å²) in [5.74, 6) is -0.514. The molecule has 0 fully saturated rings. The van der Waals surface area contributed by atoms with Crippen molar-refractivity contribution in [3.05, 3.63) is 39.5 Å². The molecule has 3 rings (SSSR count). The summed E-state index contributed by atoms with van der Waals surface area (Å²) in [6.45, 7) is 5.47. The van der Waals surface area contributed by atoms with Crippen LogP contribution in [0.4, 0.5) is 0 Å². The van der Waals surface area contributed by atoms with E-state index in [0.29, 0.717) is 5.56 Å². The molecule has 2 N–H and O–H groups in total. The smallest absolute Gasteiger partial charge is 0.272 e. The Morgan fingerprint density at radius 3 is 2.39 bits per heavy atom. The lowest BCUT2D eigenvalue weighted by Gasteiger charge is -2.14. The number of hydrogen-bond acceptors (Lipinski definition) is 3. The summed E-state index contributed by atoms with van der Waals surface area (Å²) in [6.07, 6.45) is 4.23. The van der Waals surface area contributed by atoms with Crippen LogP contribution in [-0.2, 0) is 17.6 Å². The molecule has 0 aromatic carbocycles. The fraction of sp³-hybridized carbons (Fsp3) is 0.412. The first-order valence-corrected chi connectivity index (χ1v) is 8.67. The lowest BCUT2D eigenvalue weighted by molar-refractivity contribution is -0.119. The van der Waals surface area contributed by atoms with Crippen LogP contribution in [-0.4, -0.2) is 16.4 Å². The second-order valence-corrected chi connectivity index (χ2v) is 7.06. The minimum atomic E-state index is -0.280. The Hall–Kier alpha value is -2.08. The summed E-state index contributed by atoms with van der Waals surface area (Å²) in [5.41, 5.74) is 9.00. The molecule has 0 radical (unpaired) electrons. The Morgan fingerprint density at radius 1 is 1.09 bits per heavy atom. The van der Waals surface area contributed by atoms with E-state index in [9.17, 15) is 9.59 Å². The maximum absolute atomic E-state index is 12.7. The Kier molecular flexibility index (Phi) is 4.26. The molecule has 23 heavy (non-hydrogen) atoms. The number of hydrazine groups is 1. The highest BCUT2D eigenvalue weighted by Gasteiger charge is 2.27. The van der Waals surface area contributed by atoms with E-state index in [2.05, 4.69) is 27.6 Å². The molecule has 0 atom stereocenters. The van der Waals surface area contributed by atoms with Gasteiger partial charge in [0.1, 0.15) is 5.00 Å². The monoisotopic (exact) mass is 331 g/mol. The van der Waals surface area contributed by atoms with E-state index in [0.717, 1.165) is 41.2 Å². The van der Waals surface area contributed by atoms with Crippen LogP contribution in [0.2, 0.25) is 0 Å². The molecule has 6 heteroatoms. The van der Waals surface area contributed by atoms with Crippen molar-refractivity contribution in [3.63, 3.8) is 0 Å². The maximum atomic E-state index is 12.7. The zero-order valence-corrected chi connectivity index (χ0v) is 14.5. The minimum absolute atomic E-state index is 0.234. The number of fused-ring (bicyclic) bond motifs is 1. The van der Waals surface area contributed by atoms with E-state index in [1.807, 2.05) is 13.8 Å². The van der Waals surface area contributed by atoms with Crippen LogP contribution in [0.5, 0.6) is 0 Å². The zero-order chi connectivity index (χ0) is 16.6. The molecule has 2 aromatic heterocycles. The standard InChI is InChI=1S/C17H21N3O2S/c1-10-8-9-11(2)20(10)17-15(16(22)19-18-12(3)21)13-6-4-5-7-14(13)23-17/h8-9H,4-7H2,1-3H3,(H,18,21)(H,19,22). The molecule has 2 aromatic rings. The number of aryl methyl sites for hydroxylation is 3. The highest BCUT2D eigenvalue weighted by molar-refractivity contribution is 7.15. The Morgan fingerprint density at radius 2 is 1.74 bits per heavy atom. The van der Waals surface area contributed by atoms with Gasteiger partial charge in [-0.1, -0.05) is 0 Å². The number of rotatable bonds is 2. The molecule has 2 heterocycles. The number of carbonyl (C=O) groups is 2. The zero-order valence-electron chi connectivity index (χ0n) is 13.7. The SMILES string of the molecule is CC(=O)NNC(=O)c1c(-n2c(C)ccc2C)sc2c1CCCC2. The maximum Gasteiger partial charge on any atom is 0.272 e. The van der Waals surface area contributed by atoms with Crippen molar-refractivity contribution in [2.45, 2.75) is 46.5 Å². The van der Waals surface area contributed by atoms with E-state index in [1.54, 1.807) is 11.3 Å². The van der Waals surface area contributed by atoms with Gasteiger partial charge in [0, 0.05) is 23.2 Å². The lowest BCUT2D eigenvalue weighted by Crippen LogP contribution is -2.41. The topological polar surface area (TPSA) is 63.1 Å². The third-order valence-electron chi connectivity index (χ3n) is 4.21. The third kappa shape index (κ3) is 2.91. The van der Waals surface area contributed by atoms with E-state index >= 15 is 0 Å². The molecule has 5 nitrogen and oxygen atoms in total. The average molecular weight is 331 g/mol. The number of nitrogens with zero attached hydrogens (tertiary/aromatic N) is 1. The molecule has 0 aliphatic heterocycles. The van der Waals surface area contributed by atoms with Crippen LogP contribution in [0.1, 0.15) is 52.0 Å².